The maximum Gasteiger partial charge on any atom is 0.266 e. The summed E-state index contributed by atoms with van der Waals surface area (Å²) in [5.41, 5.74) is 0.246. The summed E-state index contributed by atoms with van der Waals surface area (Å²) < 4.78 is 9.10. The van der Waals surface area contributed by atoms with Crippen LogP contribution in [0.2, 0.25) is 5.28 Å². The van der Waals surface area contributed by atoms with Crippen LogP contribution < -0.4 is 5.56 Å². The molecule has 1 aliphatic heterocycles. The summed E-state index contributed by atoms with van der Waals surface area (Å²) in [6.07, 6.45) is 2.80. The number of halogens is 2. The average molecular weight is 348 g/mol. The molecule has 1 saturated heterocycles. The summed E-state index contributed by atoms with van der Waals surface area (Å²) in [5.74, 6) is 0. The number of hydrogen-bond donors (Lipinski definition) is 0. The van der Waals surface area contributed by atoms with Gasteiger partial charge in [-0.2, -0.15) is 10.1 Å². The molecule has 0 aliphatic carbocycles. The Bertz CT molecular complexity index is 690. The van der Waals surface area contributed by atoms with Gasteiger partial charge in [0, 0.05) is 13.7 Å². The number of nitrogens with zero attached hydrogens (tertiary/aromatic N) is 4. The molecule has 8 heteroatoms. The Labute approximate surface area is 122 Å². The van der Waals surface area contributed by atoms with E-state index < -0.39 is 0 Å². The Morgan fingerprint density at radius 2 is 2.26 bits per heavy atom. The molecule has 0 amide bonds. The molecule has 0 saturated carbocycles. The van der Waals surface area contributed by atoms with Crippen LogP contribution in [-0.4, -0.2) is 25.9 Å². The van der Waals surface area contributed by atoms with Crippen LogP contribution in [-0.2, 0) is 11.8 Å². The highest BCUT2D eigenvalue weighted by atomic mass is 79.9. The molecular formula is C11H12BrClN4O2. The second-order valence-electron chi connectivity index (χ2n) is 4.50. The smallest absolute Gasteiger partial charge is 0.266 e. The Kier molecular flexibility index (Phi) is 3.36. The van der Waals surface area contributed by atoms with Crippen molar-refractivity contribution in [3.8, 4) is 0 Å². The van der Waals surface area contributed by atoms with Crippen molar-refractivity contribution >= 4 is 38.6 Å². The van der Waals surface area contributed by atoms with Gasteiger partial charge in [0.25, 0.3) is 5.56 Å². The molecule has 1 unspecified atom stereocenters. The lowest BCUT2D eigenvalue weighted by Gasteiger charge is -2.22. The van der Waals surface area contributed by atoms with E-state index in [0.29, 0.717) is 22.2 Å². The zero-order valence-corrected chi connectivity index (χ0v) is 12.6. The highest BCUT2D eigenvalue weighted by molar-refractivity contribution is 9.10. The molecule has 0 radical (unpaired) electrons. The van der Waals surface area contributed by atoms with Crippen LogP contribution in [0.15, 0.2) is 9.40 Å². The van der Waals surface area contributed by atoms with E-state index in [9.17, 15) is 4.79 Å². The van der Waals surface area contributed by atoms with E-state index in [1.165, 1.54) is 4.57 Å². The maximum atomic E-state index is 12.2. The fraction of sp³-hybridized carbons (Fsp3) is 0.545. The van der Waals surface area contributed by atoms with Crippen molar-refractivity contribution in [3.05, 3.63) is 20.2 Å². The molecule has 1 fully saturated rings. The first-order valence-corrected chi connectivity index (χ1v) is 7.18. The molecule has 19 heavy (non-hydrogen) atoms. The van der Waals surface area contributed by atoms with E-state index in [1.807, 2.05) is 0 Å². The van der Waals surface area contributed by atoms with E-state index in [1.54, 1.807) is 11.7 Å². The van der Waals surface area contributed by atoms with Crippen LogP contribution in [0.4, 0.5) is 0 Å². The Morgan fingerprint density at radius 1 is 1.47 bits per heavy atom. The standard InChI is InChI=1S/C11H12BrClN4O2/c1-16-10(18)7-8(12)15-17(9(7)14-11(16)13)6-4-2-3-5-19-6/h6H,2-5H2,1H3. The fourth-order valence-corrected chi connectivity index (χ4v) is 2.90. The van der Waals surface area contributed by atoms with Crippen LogP contribution >= 0.6 is 27.5 Å². The average Bonchev–Trinajstić information content (AvgIpc) is 2.74. The number of ether oxygens (including phenoxy) is 1. The van der Waals surface area contributed by atoms with Crippen molar-refractivity contribution < 1.29 is 4.74 Å². The van der Waals surface area contributed by atoms with Crippen molar-refractivity contribution in [2.75, 3.05) is 6.61 Å². The molecule has 1 atom stereocenters. The second-order valence-corrected chi connectivity index (χ2v) is 5.59. The molecule has 1 aliphatic rings. The van der Waals surface area contributed by atoms with E-state index in [0.717, 1.165) is 19.3 Å². The largest absolute Gasteiger partial charge is 0.356 e. The lowest BCUT2D eigenvalue weighted by Crippen LogP contribution is -2.22. The summed E-state index contributed by atoms with van der Waals surface area (Å²) in [6.45, 7) is 0.697. The van der Waals surface area contributed by atoms with E-state index in [4.69, 9.17) is 16.3 Å². The first-order valence-electron chi connectivity index (χ1n) is 6.01. The SMILES string of the molecule is Cn1c(Cl)nc2c(c(Br)nn2C2CCCCO2)c1=O. The zero-order chi connectivity index (χ0) is 13.6. The number of aromatic nitrogens is 4. The van der Waals surface area contributed by atoms with Crippen molar-refractivity contribution in [1.82, 2.24) is 19.3 Å². The highest BCUT2D eigenvalue weighted by Crippen LogP contribution is 2.28. The van der Waals surface area contributed by atoms with Crippen LogP contribution in [0, 0.1) is 0 Å². The minimum absolute atomic E-state index is 0.141. The van der Waals surface area contributed by atoms with Gasteiger partial charge in [-0.25, -0.2) is 4.68 Å². The van der Waals surface area contributed by atoms with Crippen molar-refractivity contribution in [3.63, 3.8) is 0 Å². The Balaban J connectivity index is 2.24. The zero-order valence-electron chi connectivity index (χ0n) is 10.3. The molecule has 0 spiro atoms. The monoisotopic (exact) mass is 346 g/mol. The van der Waals surface area contributed by atoms with Crippen LogP contribution in [0.25, 0.3) is 11.0 Å². The van der Waals surface area contributed by atoms with Gasteiger partial charge in [0.05, 0.1) is 0 Å². The molecule has 0 aromatic carbocycles. The van der Waals surface area contributed by atoms with Crippen LogP contribution in [0.5, 0.6) is 0 Å². The van der Waals surface area contributed by atoms with Crippen LogP contribution in [0.3, 0.4) is 0 Å². The first-order chi connectivity index (χ1) is 9.09. The summed E-state index contributed by atoms with van der Waals surface area (Å²) in [4.78, 5) is 16.4. The number of fused-ring (bicyclic) bond motifs is 1. The third-order valence-corrected chi connectivity index (χ3v) is 4.16. The maximum absolute atomic E-state index is 12.2. The van der Waals surface area contributed by atoms with Gasteiger partial charge in [0.2, 0.25) is 5.28 Å². The number of rotatable bonds is 1. The molecule has 102 valence electrons. The molecular weight excluding hydrogens is 336 g/mol. The first kappa shape index (κ1) is 13.1. The molecule has 0 N–H and O–H groups in total. The van der Waals surface area contributed by atoms with Crippen LogP contribution in [0.1, 0.15) is 25.5 Å². The van der Waals surface area contributed by atoms with Gasteiger partial charge in [-0.3, -0.25) is 9.36 Å². The molecule has 6 nitrogen and oxygen atoms in total. The summed E-state index contributed by atoms with van der Waals surface area (Å²) >= 11 is 9.28. The Hall–Kier alpha value is -0.920. The minimum Gasteiger partial charge on any atom is -0.356 e. The third kappa shape index (κ3) is 2.09. The highest BCUT2D eigenvalue weighted by Gasteiger charge is 2.23. The Morgan fingerprint density at radius 3 is 2.95 bits per heavy atom. The molecule has 0 bridgehead atoms. The van der Waals surface area contributed by atoms with Crippen molar-refractivity contribution in [1.29, 1.82) is 0 Å². The second kappa shape index (κ2) is 4.88. The predicted molar refractivity (Wildman–Crippen MR) is 74.3 cm³/mol. The molecule has 3 rings (SSSR count). The van der Waals surface area contributed by atoms with Gasteiger partial charge in [-0.15, -0.1) is 0 Å². The topological polar surface area (TPSA) is 61.9 Å². The van der Waals surface area contributed by atoms with E-state index in [2.05, 4.69) is 26.0 Å². The van der Waals surface area contributed by atoms with Gasteiger partial charge in [0.1, 0.15) is 9.99 Å². The van der Waals surface area contributed by atoms with Gasteiger partial charge >= 0.3 is 0 Å². The molecule has 2 aromatic heterocycles. The van der Waals surface area contributed by atoms with Crippen molar-refractivity contribution in [2.24, 2.45) is 7.05 Å². The quantitative estimate of drug-likeness (QED) is 0.742. The summed E-state index contributed by atoms with van der Waals surface area (Å²) in [6, 6.07) is 0. The molecule has 2 aromatic rings. The minimum atomic E-state index is -0.219. The third-order valence-electron chi connectivity index (χ3n) is 3.26. The van der Waals surface area contributed by atoms with Crippen molar-refractivity contribution in [2.45, 2.75) is 25.5 Å². The van der Waals surface area contributed by atoms with Gasteiger partial charge in [0.15, 0.2) is 11.9 Å². The molecule has 3 heterocycles. The fourth-order valence-electron chi connectivity index (χ4n) is 2.22. The lowest BCUT2D eigenvalue weighted by atomic mass is 10.2. The summed E-state index contributed by atoms with van der Waals surface area (Å²) in [5, 5.41) is 4.90. The lowest BCUT2D eigenvalue weighted by molar-refractivity contribution is -0.0371. The normalized spacial score (nSPS) is 20.1. The van der Waals surface area contributed by atoms with Gasteiger partial charge < -0.3 is 4.74 Å². The summed E-state index contributed by atoms with van der Waals surface area (Å²) in [7, 11) is 1.58. The van der Waals surface area contributed by atoms with Gasteiger partial charge in [-0.05, 0) is 46.8 Å². The van der Waals surface area contributed by atoms with E-state index >= 15 is 0 Å². The predicted octanol–water partition coefficient (Wildman–Crippen LogP) is 2.24. The number of hydrogen-bond acceptors (Lipinski definition) is 4. The van der Waals surface area contributed by atoms with Gasteiger partial charge in [-0.1, -0.05) is 0 Å². The van der Waals surface area contributed by atoms with E-state index in [-0.39, 0.29) is 17.1 Å².